The van der Waals surface area contributed by atoms with Crippen molar-refractivity contribution in [3.05, 3.63) is 11.8 Å². The zero-order valence-corrected chi connectivity index (χ0v) is 21.4. The highest BCUT2D eigenvalue weighted by molar-refractivity contribution is 5.81. The van der Waals surface area contributed by atoms with Crippen molar-refractivity contribution >= 4 is 12.1 Å². The van der Waals surface area contributed by atoms with Crippen LogP contribution in [0.4, 0.5) is 0 Å². The molecule has 3 aliphatic rings. The number of nitriles is 1. The second kappa shape index (κ2) is 13.2. The van der Waals surface area contributed by atoms with Crippen molar-refractivity contribution in [2.24, 2.45) is 17.6 Å². The first kappa shape index (κ1) is 26.7. The topological polar surface area (TPSA) is 109 Å². The first-order valence-corrected chi connectivity index (χ1v) is 13.4. The van der Waals surface area contributed by atoms with E-state index in [-0.39, 0.29) is 23.9 Å². The second-order valence-corrected chi connectivity index (χ2v) is 10.2. The number of amides is 1. The summed E-state index contributed by atoms with van der Waals surface area (Å²) in [4.78, 5) is 16.3. The van der Waals surface area contributed by atoms with E-state index in [1.54, 1.807) is 0 Å². The Morgan fingerprint density at radius 2 is 2.18 bits per heavy atom. The quantitative estimate of drug-likeness (QED) is 0.284. The van der Waals surface area contributed by atoms with Gasteiger partial charge in [-0.3, -0.25) is 9.69 Å². The van der Waals surface area contributed by atoms with Crippen LogP contribution in [0, 0.1) is 23.2 Å². The molecule has 0 bridgehead atoms. The summed E-state index contributed by atoms with van der Waals surface area (Å²) in [6.45, 7) is 8.32. The molecule has 0 spiro atoms. The number of nitrogens with two attached hydrogens (primary N) is 1. The molecule has 34 heavy (non-hydrogen) atoms. The number of likely N-dealkylation sites (N-methyl/N-ethyl adjacent to an activating group) is 1. The van der Waals surface area contributed by atoms with Crippen molar-refractivity contribution in [2.75, 3.05) is 33.2 Å². The molecule has 0 radical (unpaired) electrons. The minimum Gasteiger partial charge on any atom is -0.372 e. The SMILES string of the molecule is CCCCC(C=[N+](C)C1C=C(CC)NC(N)C1C(=O)NC1CNCCC1N1CCCC1)CC#N. The number of carbonyl (C=O) groups excluding carboxylic acids is 1. The van der Waals surface area contributed by atoms with E-state index in [0.29, 0.717) is 12.5 Å². The van der Waals surface area contributed by atoms with Crippen LogP contribution < -0.4 is 21.7 Å². The molecule has 1 amide bonds. The fourth-order valence-electron chi connectivity index (χ4n) is 5.81. The van der Waals surface area contributed by atoms with Gasteiger partial charge >= 0.3 is 0 Å². The molecule has 6 unspecified atom stereocenters. The van der Waals surface area contributed by atoms with Gasteiger partial charge in [-0.2, -0.15) is 5.26 Å². The summed E-state index contributed by atoms with van der Waals surface area (Å²) in [6.07, 6.45) is 11.9. The Morgan fingerprint density at radius 3 is 2.85 bits per heavy atom. The molecule has 8 heteroatoms. The van der Waals surface area contributed by atoms with Crippen LogP contribution in [0.2, 0.25) is 0 Å². The smallest absolute Gasteiger partial charge is 0.234 e. The molecule has 0 aromatic heterocycles. The number of hydrogen-bond acceptors (Lipinski definition) is 6. The molecule has 2 fully saturated rings. The van der Waals surface area contributed by atoms with Gasteiger partial charge in [-0.1, -0.05) is 26.7 Å². The molecule has 6 atom stereocenters. The van der Waals surface area contributed by atoms with Crippen molar-refractivity contribution in [3.63, 3.8) is 0 Å². The first-order valence-electron chi connectivity index (χ1n) is 13.4. The Kier molecular flexibility index (Phi) is 10.4. The second-order valence-electron chi connectivity index (χ2n) is 10.2. The van der Waals surface area contributed by atoms with Gasteiger partial charge < -0.3 is 21.7 Å². The van der Waals surface area contributed by atoms with E-state index < -0.39 is 12.1 Å². The molecule has 5 N–H and O–H groups in total. The van der Waals surface area contributed by atoms with Crippen LogP contribution in [0.5, 0.6) is 0 Å². The minimum atomic E-state index is -0.451. The first-order chi connectivity index (χ1) is 16.5. The fourth-order valence-corrected chi connectivity index (χ4v) is 5.81. The lowest BCUT2D eigenvalue weighted by Crippen LogP contribution is -2.64. The maximum atomic E-state index is 13.7. The van der Waals surface area contributed by atoms with E-state index in [0.717, 1.165) is 64.0 Å². The van der Waals surface area contributed by atoms with E-state index in [2.05, 4.69) is 57.6 Å². The van der Waals surface area contributed by atoms with Crippen molar-refractivity contribution in [3.8, 4) is 6.07 Å². The third-order valence-electron chi connectivity index (χ3n) is 7.74. The van der Waals surface area contributed by atoms with E-state index >= 15 is 0 Å². The third kappa shape index (κ3) is 6.80. The Labute approximate surface area is 206 Å². The van der Waals surface area contributed by atoms with Crippen LogP contribution in [-0.2, 0) is 4.79 Å². The summed E-state index contributed by atoms with van der Waals surface area (Å²) in [7, 11) is 2.03. The number of piperidine rings is 1. The molecule has 0 aromatic rings. The van der Waals surface area contributed by atoms with Crippen LogP contribution in [-0.4, -0.2) is 79.1 Å². The van der Waals surface area contributed by atoms with Gasteiger partial charge in [-0.15, -0.1) is 0 Å². The predicted octanol–water partition coefficient (Wildman–Crippen LogP) is 1.53. The maximum Gasteiger partial charge on any atom is 0.234 e. The molecule has 8 nitrogen and oxygen atoms in total. The monoisotopic (exact) mass is 472 g/mol. The standard InChI is InChI=1S/C26H45N7O/c1-4-6-9-19(10-12-27)18-32(3)23-16-20(5-2)30-25(28)24(23)26(34)31-21-17-29-13-11-22(21)33-14-7-8-15-33/h16,18-19,21-25,29-30H,4-11,13-15,17,28H2,1-3H3/p+1. The summed E-state index contributed by atoms with van der Waals surface area (Å²) >= 11 is 0. The van der Waals surface area contributed by atoms with Gasteiger partial charge in [0, 0.05) is 36.7 Å². The highest BCUT2D eigenvalue weighted by atomic mass is 16.2. The number of rotatable bonds is 10. The lowest BCUT2D eigenvalue weighted by molar-refractivity contribution is -0.531. The van der Waals surface area contributed by atoms with Crippen molar-refractivity contribution < 1.29 is 9.37 Å². The lowest BCUT2D eigenvalue weighted by Gasteiger charge is -2.40. The number of allylic oxidation sites excluding steroid dienone is 1. The number of hydrogen-bond donors (Lipinski definition) is 4. The van der Waals surface area contributed by atoms with E-state index in [1.165, 1.54) is 12.8 Å². The molecular weight excluding hydrogens is 426 g/mol. The summed E-state index contributed by atoms with van der Waals surface area (Å²) in [5, 5.41) is 19.5. The Bertz CT molecular complexity index is 768. The van der Waals surface area contributed by atoms with Crippen LogP contribution >= 0.6 is 0 Å². The highest BCUT2D eigenvalue weighted by Gasteiger charge is 2.43. The largest absolute Gasteiger partial charge is 0.372 e. The van der Waals surface area contributed by atoms with Gasteiger partial charge in [-0.05, 0) is 51.7 Å². The fraction of sp³-hybridized carbons (Fsp3) is 0.808. The minimum absolute atomic E-state index is 0.0138. The van der Waals surface area contributed by atoms with Crippen LogP contribution in [0.15, 0.2) is 11.8 Å². The van der Waals surface area contributed by atoms with E-state index in [1.807, 2.05) is 7.05 Å². The molecule has 0 saturated carbocycles. The summed E-state index contributed by atoms with van der Waals surface area (Å²) in [5.41, 5.74) is 7.64. The summed E-state index contributed by atoms with van der Waals surface area (Å²) in [5.74, 6) is -0.211. The number of likely N-dealkylation sites (tertiary alicyclic amines) is 1. The van der Waals surface area contributed by atoms with Crippen LogP contribution in [0.25, 0.3) is 0 Å². The zero-order chi connectivity index (χ0) is 24.5. The van der Waals surface area contributed by atoms with E-state index in [9.17, 15) is 10.1 Å². The van der Waals surface area contributed by atoms with Crippen LogP contribution in [0.1, 0.15) is 65.2 Å². The van der Waals surface area contributed by atoms with Crippen molar-refractivity contribution in [1.29, 1.82) is 5.26 Å². The molecule has 190 valence electrons. The Morgan fingerprint density at radius 1 is 1.41 bits per heavy atom. The molecule has 3 aliphatic heterocycles. The van der Waals surface area contributed by atoms with Gasteiger partial charge in [0.05, 0.1) is 18.3 Å². The summed E-state index contributed by atoms with van der Waals surface area (Å²) in [6, 6.07) is 2.67. The van der Waals surface area contributed by atoms with Crippen molar-refractivity contribution in [1.82, 2.24) is 20.9 Å². The number of nitrogens with zero attached hydrogens (tertiary/aromatic N) is 3. The molecule has 3 heterocycles. The van der Waals surface area contributed by atoms with Gasteiger partial charge in [0.2, 0.25) is 5.91 Å². The average Bonchev–Trinajstić information content (AvgIpc) is 3.37. The highest BCUT2D eigenvalue weighted by Crippen LogP contribution is 2.23. The van der Waals surface area contributed by atoms with Gasteiger partial charge in [0.25, 0.3) is 0 Å². The Hall–Kier alpha value is -1.95. The van der Waals surface area contributed by atoms with Crippen molar-refractivity contribution in [2.45, 2.75) is 89.5 Å². The normalized spacial score (nSPS) is 31.3. The third-order valence-corrected chi connectivity index (χ3v) is 7.74. The number of unbranched alkanes of at least 4 members (excludes halogenated alkanes) is 1. The predicted molar refractivity (Wildman–Crippen MR) is 136 cm³/mol. The Balaban J connectivity index is 1.80. The summed E-state index contributed by atoms with van der Waals surface area (Å²) < 4.78 is 2.13. The lowest BCUT2D eigenvalue weighted by atomic mass is 9.88. The molecular formula is C26H46N7O+. The molecule has 0 aromatic carbocycles. The molecule has 3 rings (SSSR count). The average molecular weight is 473 g/mol. The molecule has 2 saturated heterocycles. The van der Waals surface area contributed by atoms with Gasteiger partial charge in [-0.25, -0.2) is 4.58 Å². The molecule has 0 aliphatic carbocycles. The zero-order valence-electron chi connectivity index (χ0n) is 21.4. The van der Waals surface area contributed by atoms with Gasteiger partial charge in [0.15, 0.2) is 6.04 Å². The van der Waals surface area contributed by atoms with E-state index in [4.69, 9.17) is 5.73 Å². The van der Waals surface area contributed by atoms with Gasteiger partial charge in [0.1, 0.15) is 19.2 Å². The maximum absolute atomic E-state index is 13.7. The number of carbonyl (C=O) groups is 1. The van der Waals surface area contributed by atoms with Crippen LogP contribution in [0.3, 0.4) is 0 Å². The number of nitrogens with one attached hydrogen (secondary N) is 3.